The summed E-state index contributed by atoms with van der Waals surface area (Å²) in [6.45, 7) is 5.52. The molecule has 1 aromatic heterocycles. The van der Waals surface area contributed by atoms with Crippen LogP contribution in [0.5, 0.6) is 0 Å². The number of aliphatic hydroxyl groups is 1. The predicted octanol–water partition coefficient (Wildman–Crippen LogP) is 1.43. The quantitative estimate of drug-likeness (QED) is 0.792. The third-order valence-corrected chi connectivity index (χ3v) is 2.57. The second kappa shape index (κ2) is 4.16. The number of hydrogen-bond donors (Lipinski definition) is 2. The number of nitrogen functional groups attached to an aromatic ring is 1. The van der Waals surface area contributed by atoms with Gasteiger partial charge in [-0.3, -0.25) is 0 Å². The summed E-state index contributed by atoms with van der Waals surface area (Å²) in [5, 5.41) is 10.1. The van der Waals surface area contributed by atoms with Gasteiger partial charge in [-0.1, -0.05) is 0 Å². The average Bonchev–Trinajstić information content (AvgIpc) is 2.20. The van der Waals surface area contributed by atoms with Gasteiger partial charge in [-0.2, -0.15) is 0 Å². The number of rotatable bonds is 3. The molecule has 0 spiro atoms. The van der Waals surface area contributed by atoms with E-state index in [-0.39, 0.29) is 0 Å². The van der Waals surface area contributed by atoms with Crippen molar-refractivity contribution in [1.82, 2.24) is 4.98 Å². The molecule has 0 amide bonds. The highest BCUT2D eigenvalue weighted by Gasteiger charge is 2.30. The summed E-state index contributed by atoms with van der Waals surface area (Å²) in [5.41, 5.74) is 6.61. The molecule has 0 bridgehead atoms. The molecule has 0 aromatic carbocycles. The van der Waals surface area contributed by atoms with Crippen molar-refractivity contribution in [3.05, 3.63) is 23.4 Å². The lowest BCUT2D eigenvalue weighted by atomic mass is 9.94. The fourth-order valence-corrected chi connectivity index (χ4v) is 1.31. The Kier molecular flexibility index (Phi) is 3.31. The molecular formula is C11H18N2O2. The summed E-state index contributed by atoms with van der Waals surface area (Å²) in [4.78, 5) is 4.01. The molecule has 0 aliphatic carbocycles. The highest BCUT2D eigenvalue weighted by Crippen LogP contribution is 2.31. The number of pyridine rings is 1. The van der Waals surface area contributed by atoms with Gasteiger partial charge >= 0.3 is 0 Å². The smallest absolute Gasteiger partial charge is 0.129 e. The van der Waals surface area contributed by atoms with Crippen molar-refractivity contribution in [3.63, 3.8) is 0 Å². The standard InChI is InChI=1S/C11H18N2O2/c1-7-5-8(10(12)13-6-7)9(14)11(2,3)15-4/h5-6,9,14H,1-4H3,(H2,12,13). The summed E-state index contributed by atoms with van der Waals surface area (Å²) in [6, 6.07) is 1.83. The molecule has 4 nitrogen and oxygen atoms in total. The average molecular weight is 210 g/mol. The number of hydrogen-bond acceptors (Lipinski definition) is 4. The first-order valence-electron chi connectivity index (χ1n) is 4.83. The number of methoxy groups -OCH3 is 1. The van der Waals surface area contributed by atoms with Gasteiger partial charge in [-0.05, 0) is 32.4 Å². The lowest BCUT2D eigenvalue weighted by molar-refractivity contribution is -0.0791. The Morgan fingerprint density at radius 3 is 2.67 bits per heavy atom. The van der Waals surface area contributed by atoms with Crippen LogP contribution in [-0.2, 0) is 4.74 Å². The van der Waals surface area contributed by atoms with Gasteiger partial charge in [0, 0.05) is 18.9 Å². The van der Waals surface area contributed by atoms with Crippen LogP contribution in [0.3, 0.4) is 0 Å². The maximum atomic E-state index is 10.1. The topological polar surface area (TPSA) is 68.4 Å². The van der Waals surface area contributed by atoms with Gasteiger partial charge in [0.15, 0.2) is 0 Å². The van der Waals surface area contributed by atoms with Crippen LogP contribution < -0.4 is 5.73 Å². The fourth-order valence-electron chi connectivity index (χ4n) is 1.31. The zero-order chi connectivity index (χ0) is 11.6. The Balaban J connectivity index is 3.10. The molecule has 0 saturated carbocycles. The second-order valence-corrected chi connectivity index (χ2v) is 4.20. The largest absolute Gasteiger partial charge is 0.385 e. The van der Waals surface area contributed by atoms with Gasteiger partial charge in [-0.15, -0.1) is 0 Å². The van der Waals surface area contributed by atoms with E-state index in [0.29, 0.717) is 11.4 Å². The first-order valence-corrected chi connectivity index (χ1v) is 4.83. The number of nitrogens with two attached hydrogens (primary N) is 1. The monoisotopic (exact) mass is 210 g/mol. The Morgan fingerprint density at radius 2 is 2.13 bits per heavy atom. The van der Waals surface area contributed by atoms with Crippen molar-refractivity contribution < 1.29 is 9.84 Å². The van der Waals surface area contributed by atoms with E-state index in [1.54, 1.807) is 27.2 Å². The highest BCUT2D eigenvalue weighted by molar-refractivity contribution is 5.43. The Hall–Kier alpha value is -1.13. The lowest BCUT2D eigenvalue weighted by Crippen LogP contribution is -2.32. The predicted molar refractivity (Wildman–Crippen MR) is 59.4 cm³/mol. The SMILES string of the molecule is COC(C)(C)C(O)c1cc(C)cnc1N. The van der Waals surface area contributed by atoms with E-state index < -0.39 is 11.7 Å². The molecule has 0 aliphatic heterocycles. The van der Waals surface area contributed by atoms with Crippen LogP contribution >= 0.6 is 0 Å². The van der Waals surface area contributed by atoms with E-state index in [9.17, 15) is 5.11 Å². The number of aliphatic hydroxyl groups excluding tert-OH is 1. The van der Waals surface area contributed by atoms with Gasteiger partial charge in [0.2, 0.25) is 0 Å². The van der Waals surface area contributed by atoms with Crippen LogP contribution in [-0.4, -0.2) is 22.8 Å². The van der Waals surface area contributed by atoms with Crippen LogP contribution in [0.2, 0.25) is 0 Å². The van der Waals surface area contributed by atoms with E-state index in [4.69, 9.17) is 10.5 Å². The van der Waals surface area contributed by atoms with Gasteiger partial charge < -0.3 is 15.6 Å². The number of ether oxygens (including phenoxy) is 1. The molecule has 0 radical (unpaired) electrons. The van der Waals surface area contributed by atoms with Gasteiger partial charge in [-0.25, -0.2) is 4.98 Å². The Bertz CT molecular complexity index is 350. The summed E-state index contributed by atoms with van der Waals surface area (Å²) in [5.74, 6) is 0.346. The van der Waals surface area contributed by atoms with Crippen molar-refractivity contribution in [2.24, 2.45) is 0 Å². The van der Waals surface area contributed by atoms with Crippen LogP contribution in [0.4, 0.5) is 5.82 Å². The van der Waals surface area contributed by atoms with Crippen LogP contribution in [0.15, 0.2) is 12.3 Å². The molecule has 1 aromatic rings. The first-order chi connectivity index (χ1) is 6.88. The van der Waals surface area contributed by atoms with Crippen LogP contribution in [0, 0.1) is 6.92 Å². The van der Waals surface area contributed by atoms with Gasteiger partial charge in [0.1, 0.15) is 11.9 Å². The molecule has 1 atom stereocenters. The number of aryl methyl sites for hydroxylation is 1. The molecule has 4 heteroatoms. The van der Waals surface area contributed by atoms with Crippen molar-refractivity contribution in [2.45, 2.75) is 32.5 Å². The highest BCUT2D eigenvalue weighted by atomic mass is 16.5. The zero-order valence-corrected chi connectivity index (χ0v) is 9.61. The van der Waals surface area contributed by atoms with E-state index in [1.165, 1.54) is 0 Å². The lowest BCUT2D eigenvalue weighted by Gasteiger charge is -2.29. The minimum atomic E-state index is -0.782. The normalized spacial score (nSPS) is 13.9. The molecule has 1 unspecified atom stereocenters. The maximum Gasteiger partial charge on any atom is 0.129 e. The maximum absolute atomic E-state index is 10.1. The minimum Gasteiger partial charge on any atom is -0.385 e. The van der Waals surface area contributed by atoms with Crippen molar-refractivity contribution in [3.8, 4) is 0 Å². The summed E-state index contributed by atoms with van der Waals surface area (Å²) in [7, 11) is 1.56. The first kappa shape index (κ1) is 11.9. The molecule has 1 rings (SSSR count). The van der Waals surface area contributed by atoms with E-state index in [2.05, 4.69) is 4.98 Å². The summed E-state index contributed by atoms with van der Waals surface area (Å²) >= 11 is 0. The second-order valence-electron chi connectivity index (χ2n) is 4.20. The number of nitrogens with zero attached hydrogens (tertiary/aromatic N) is 1. The number of aromatic nitrogens is 1. The molecular weight excluding hydrogens is 192 g/mol. The third kappa shape index (κ3) is 2.46. The molecule has 84 valence electrons. The van der Waals surface area contributed by atoms with Gasteiger partial charge in [0.25, 0.3) is 0 Å². The summed E-state index contributed by atoms with van der Waals surface area (Å²) < 4.78 is 5.22. The molecule has 0 saturated heterocycles. The molecule has 15 heavy (non-hydrogen) atoms. The van der Waals surface area contributed by atoms with Crippen molar-refractivity contribution >= 4 is 5.82 Å². The molecule has 1 heterocycles. The van der Waals surface area contributed by atoms with Crippen molar-refractivity contribution in [1.29, 1.82) is 0 Å². The Labute approximate surface area is 90.1 Å². The van der Waals surface area contributed by atoms with Crippen molar-refractivity contribution in [2.75, 3.05) is 12.8 Å². The number of anilines is 1. The fraction of sp³-hybridized carbons (Fsp3) is 0.545. The third-order valence-electron chi connectivity index (χ3n) is 2.57. The van der Waals surface area contributed by atoms with Crippen LogP contribution in [0.1, 0.15) is 31.1 Å². The zero-order valence-electron chi connectivity index (χ0n) is 9.61. The van der Waals surface area contributed by atoms with E-state index in [0.717, 1.165) is 5.56 Å². The minimum absolute atomic E-state index is 0.346. The summed E-state index contributed by atoms with van der Waals surface area (Å²) in [6.07, 6.45) is 0.889. The molecule has 0 aliphatic rings. The van der Waals surface area contributed by atoms with Crippen LogP contribution in [0.25, 0.3) is 0 Å². The molecule has 0 fully saturated rings. The van der Waals surface area contributed by atoms with E-state index in [1.807, 2.05) is 13.0 Å². The van der Waals surface area contributed by atoms with E-state index >= 15 is 0 Å². The van der Waals surface area contributed by atoms with Gasteiger partial charge in [0.05, 0.1) is 5.60 Å². The Morgan fingerprint density at radius 1 is 1.53 bits per heavy atom. The molecule has 3 N–H and O–H groups in total.